The summed E-state index contributed by atoms with van der Waals surface area (Å²) in [6, 6.07) is 1.69. The Labute approximate surface area is 132 Å². The third-order valence-corrected chi connectivity index (χ3v) is 4.69. The van der Waals surface area contributed by atoms with Gasteiger partial charge in [-0.15, -0.1) is 5.10 Å². The molecule has 1 unspecified atom stereocenters. The molecule has 8 heteroatoms. The maximum Gasteiger partial charge on any atom is 0.275 e. The Morgan fingerprint density at radius 2 is 2.23 bits per heavy atom. The number of anilines is 1. The third-order valence-electron chi connectivity index (χ3n) is 3.73. The van der Waals surface area contributed by atoms with Gasteiger partial charge in [-0.3, -0.25) is 9.69 Å². The van der Waals surface area contributed by atoms with Crippen LogP contribution in [0.15, 0.2) is 17.1 Å². The molecular formula is C14H21N5O2S. The van der Waals surface area contributed by atoms with E-state index in [0.717, 1.165) is 24.8 Å². The Morgan fingerprint density at radius 3 is 2.86 bits per heavy atom. The lowest BCUT2D eigenvalue weighted by atomic mass is 10.1. The van der Waals surface area contributed by atoms with Gasteiger partial charge < -0.3 is 10.0 Å². The van der Waals surface area contributed by atoms with Gasteiger partial charge in [0.05, 0.1) is 5.60 Å². The van der Waals surface area contributed by atoms with E-state index in [1.54, 1.807) is 0 Å². The summed E-state index contributed by atoms with van der Waals surface area (Å²) in [6.07, 6.45) is 1.52. The van der Waals surface area contributed by atoms with E-state index in [-0.39, 0.29) is 11.6 Å². The smallest absolute Gasteiger partial charge is 0.275 e. The topological polar surface area (TPSA) is 74.0 Å². The Hall–Kier alpha value is -1.51. The van der Waals surface area contributed by atoms with Crippen LogP contribution in [0.3, 0.4) is 0 Å². The molecule has 120 valence electrons. The first-order chi connectivity index (χ1) is 10.3. The average molecular weight is 323 g/mol. The molecule has 1 N–H and O–H groups in total. The van der Waals surface area contributed by atoms with E-state index in [2.05, 4.69) is 26.8 Å². The number of aliphatic hydroxyl groups is 1. The van der Waals surface area contributed by atoms with Crippen molar-refractivity contribution in [3.63, 3.8) is 0 Å². The Balaban J connectivity index is 1.78. The number of rotatable bonds is 3. The lowest BCUT2D eigenvalue weighted by molar-refractivity contribution is 0.0308. The summed E-state index contributed by atoms with van der Waals surface area (Å²) in [5.74, 6) is 0. The Bertz CT molecular complexity index is 720. The second kappa shape index (κ2) is 5.60. The fraction of sp³-hybridized carbons (Fsp3) is 0.643. The summed E-state index contributed by atoms with van der Waals surface area (Å²) in [6.45, 7) is 9.01. The molecule has 1 atom stereocenters. The molecule has 0 saturated carbocycles. The van der Waals surface area contributed by atoms with Crippen molar-refractivity contribution in [2.24, 2.45) is 0 Å². The Kier molecular flexibility index (Phi) is 3.92. The number of nitrogens with zero attached hydrogens (tertiary/aromatic N) is 5. The van der Waals surface area contributed by atoms with E-state index in [1.165, 1.54) is 28.1 Å². The van der Waals surface area contributed by atoms with Crippen molar-refractivity contribution in [3.8, 4) is 0 Å². The number of β-amino-alcohol motifs (C(OH)–C–C–N with tert-alkyl or cyclic N) is 1. The minimum absolute atomic E-state index is 0.152. The van der Waals surface area contributed by atoms with Crippen LogP contribution in [-0.4, -0.2) is 62.4 Å². The van der Waals surface area contributed by atoms with Gasteiger partial charge in [0, 0.05) is 44.5 Å². The van der Waals surface area contributed by atoms with Gasteiger partial charge in [-0.25, -0.2) is 4.98 Å². The predicted molar refractivity (Wildman–Crippen MR) is 86.7 cm³/mol. The Morgan fingerprint density at radius 1 is 1.45 bits per heavy atom. The first-order valence-corrected chi connectivity index (χ1v) is 8.21. The SMILES string of the molecule is CC1CN(CC(C)(C)O)CCN1c1nn2c(=O)ccnc2s1. The van der Waals surface area contributed by atoms with Gasteiger partial charge in [0.2, 0.25) is 10.1 Å². The van der Waals surface area contributed by atoms with Crippen LogP contribution in [0.25, 0.3) is 4.96 Å². The summed E-state index contributed by atoms with van der Waals surface area (Å²) in [5, 5.41) is 15.2. The number of fused-ring (bicyclic) bond motifs is 1. The van der Waals surface area contributed by atoms with Crippen molar-refractivity contribution in [1.29, 1.82) is 0 Å². The molecule has 22 heavy (non-hydrogen) atoms. The van der Waals surface area contributed by atoms with Crippen LogP contribution in [0, 0.1) is 0 Å². The summed E-state index contributed by atoms with van der Waals surface area (Å²) in [4.78, 5) is 21.1. The van der Waals surface area contributed by atoms with Gasteiger partial charge in [-0.1, -0.05) is 11.3 Å². The summed E-state index contributed by atoms with van der Waals surface area (Å²) >= 11 is 1.43. The van der Waals surface area contributed by atoms with Crippen LogP contribution >= 0.6 is 11.3 Å². The number of piperazine rings is 1. The van der Waals surface area contributed by atoms with Gasteiger partial charge in [-0.2, -0.15) is 4.52 Å². The van der Waals surface area contributed by atoms with Crippen LogP contribution in [0.4, 0.5) is 5.13 Å². The maximum absolute atomic E-state index is 11.8. The molecule has 0 amide bonds. The highest BCUT2D eigenvalue weighted by atomic mass is 32.1. The monoisotopic (exact) mass is 323 g/mol. The van der Waals surface area contributed by atoms with E-state index in [1.807, 2.05) is 13.8 Å². The number of hydrogen-bond donors (Lipinski definition) is 1. The van der Waals surface area contributed by atoms with E-state index < -0.39 is 5.60 Å². The first-order valence-electron chi connectivity index (χ1n) is 7.40. The van der Waals surface area contributed by atoms with Crippen LogP contribution in [-0.2, 0) is 0 Å². The van der Waals surface area contributed by atoms with Crippen molar-refractivity contribution in [2.45, 2.75) is 32.4 Å². The van der Waals surface area contributed by atoms with Crippen molar-refractivity contribution in [2.75, 3.05) is 31.1 Å². The molecule has 0 aliphatic carbocycles. The molecular weight excluding hydrogens is 302 g/mol. The normalized spacial score (nSPS) is 20.7. The molecule has 3 heterocycles. The molecule has 1 aliphatic rings. The fourth-order valence-electron chi connectivity index (χ4n) is 2.86. The highest BCUT2D eigenvalue weighted by molar-refractivity contribution is 7.20. The lowest BCUT2D eigenvalue weighted by Gasteiger charge is -2.41. The van der Waals surface area contributed by atoms with Gasteiger partial charge >= 0.3 is 0 Å². The minimum atomic E-state index is -0.686. The molecule has 7 nitrogen and oxygen atoms in total. The molecule has 1 aliphatic heterocycles. The van der Waals surface area contributed by atoms with Crippen molar-refractivity contribution >= 4 is 21.4 Å². The van der Waals surface area contributed by atoms with E-state index >= 15 is 0 Å². The standard InChI is InChI=1S/C14H21N5O2S/c1-10-8-17(9-14(2,3)21)6-7-18(10)13-16-19-11(20)4-5-15-12(19)22-13/h4-5,10,21H,6-9H2,1-3H3. The van der Waals surface area contributed by atoms with Gasteiger partial charge in [0.1, 0.15) is 0 Å². The summed E-state index contributed by atoms with van der Waals surface area (Å²) in [7, 11) is 0. The third kappa shape index (κ3) is 3.13. The molecule has 2 aromatic rings. The van der Waals surface area contributed by atoms with Crippen LogP contribution in [0.2, 0.25) is 0 Å². The molecule has 3 rings (SSSR count). The van der Waals surface area contributed by atoms with Crippen molar-refractivity contribution < 1.29 is 5.11 Å². The fourth-order valence-corrected chi connectivity index (χ4v) is 3.86. The molecule has 0 spiro atoms. The van der Waals surface area contributed by atoms with Crippen molar-refractivity contribution in [3.05, 3.63) is 22.6 Å². The zero-order valence-corrected chi connectivity index (χ0v) is 13.9. The van der Waals surface area contributed by atoms with Gasteiger partial charge in [0.15, 0.2) is 0 Å². The van der Waals surface area contributed by atoms with E-state index in [9.17, 15) is 9.90 Å². The summed E-state index contributed by atoms with van der Waals surface area (Å²) < 4.78 is 1.36. The van der Waals surface area contributed by atoms with Crippen molar-refractivity contribution in [1.82, 2.24) is 19.5 Å². The largest absolute Gasteiger partial charge is 0.389 e. The van der Waals surface area contributed by atoms with Crippen LogP contribution in [0.1, 0.15) is 20.8 Å². The molecule has 1 saturated heterocycles. The highest BCUT2D eigenvalue weighted by Gasteiger charge is 2.29. The minimum Gasteiger partial charge on any atom is -0.389 e. The molecule has 2 aromatic heterocycles. The van der Waals surface area contributed by atoms with Gasteiger partial charge in [0.25, 0.3) is 5.56 Å². The first kappa shape index (κ1) is 15.4. The second-order valence-electron chi connectivity index (χ2n) is 6.45. The molecule has 0 aromatic carbocycles. The average Bonchev–Trinajstić information content (AvgIpc) is 2.82. The molecule has 0 bridgehead atoms. The maximum atomic E-state index is 11.8. The number of aromatic nitrogens is 3. The predicted octanol–water partition coefficient (Wildman–Crippen LogP) is 0.432. The van der Waals surface area contributed by atoms with Crippen LogP contribution < -0.4 is 10.5 Å². The van der Waals surface area contributed by atoms with E-state index in [4.69, 9.17) is 0 Å². The van der Waals surface area contributed by atoms with E-state index in [0.29, 0.717) is 11.5 Å². The second-order valence-corrected chi connectivity index (χ2v) is 7.39. The number of hydrogen-bond acceptors (Lipinski definition) is 7. The molecule has 1 fully saturated rings. The lowest BCUT2D eigenvalue weighted by Crippen LogP contribution is -2.54. The summed E-state index contributed by atoms with van der Waals surface area (Å²) in [5.41, 5.74) is -0.838. The quantitative estimate of drug-likeness (QED) is 0.883. The van der Waals surface area contributed by atoms with Crippen LogP contribution in [0.5, 0.6) is 0 Å². The van der Waals surface area contributed by atoms with Gasteiger partial charge in [-0.05, 0) is 20.8 Å². The highest BCUT2D eigenvalue weighted by Crippen LogP contribution is 2.25. The molecule has 0 radical (unpaired) electrons. The zero-order valence-electron chi connectivity index (χ0n) is 13.1. The zero-order chi connectivity index (χ0) is 15.9.